The first kappa shape index (κ1) is 13.2. The van der Waals surface area contributed by atoms with Gasteiger partial charge in [0.15, 0.2) is 5.13 Å². The zero-order valence-corrected chi connectivity index (χ0v) is 12.5. The van der Waals surface area contributed by atoms with Gasteiger partial charge in [0, 0.05) is 26.2 Å². The van der Waals surface area contributed by atoms with E-state index < -0.39 is 0 Å². The van der Waals surface area contributed by atoms with Crippen LogP contribution in [0.15, 0.2) is 12.1 Å². The Bertz CT molecular complexity index is 658. The van der Waals surface area contributed by atoms with E-state index in [4.69, 9.17) is 10.7 Å². The second-order valence-electron chi connectivity index (χ2n) is 5.24. The summed E-state index contributed by atoms with van der Waals surface area (Å²) in [4.78, 5) is 19.8. The number of rotatable bonds is 1. The summed E-state index contributed by atoms with van der Waals surface area (Å²) in [5.41, 5.74) is 8.88. The minimum absolute atomic E-state index is 0.333. The zero-order chi connectivity index (χ0) is 14.3. The van der Waals surface area contributed by atoms with E-state index in [1.165, 1.54) is 15.8 Å². The summed E-state index contributed by atoms with van der Waals surface area (Å²) in [6.07, 6.45) is 0. The Balaban J connectivity index is 1.85. The first-order valence-electron chi connectivity index (χ1n) is 6.72. The maximum Gasteiger partial charge on any atom is 0.314 e. The molecule has 0 spiro atoms. The van der Waals surface area contributed by atoms with E-state index in [-0.39, 0.29) is 6.03 Å². The molecule has 2 heterocycles. The number of hydrogen-bond donors (Lipinski definition) is 1. The van der Waals surface area contributed by atoms with Crippen molar-refractivity contribution in [3.05, 3.63) is 23.3 Å². The highest BCUT2D eigenvalue weighted by atomic mass is 32.1. The molecule has 2 amide bonds. The number of nitrogens with two attached hydrogens (primary N) is 1. The number of benzene rings is 1. The summed E-state index contributed by atoms with van der Waals surface area (Å²) < 4.78 is 1.23. The van der Waals surface area contributed by atoms with Gasteiger partial charge in [0.2, 0.25) is 0 Å². The molecule has 1 aliphatic heterocycles. The van der Waals surface area contributed by atoms with Crippen molar-refractivity contribution in [1.29, 1.82) is 0 Å². The topological polar surface area (TPSA) is 62.5 Å². The molecule has 20 heavy (non-hydrogen) atoms. The molecule has 0 radical (unpaired) electrons. The molecule has 0 atom stereocenters. The van der Waals surface area contributed by atoms with Crippen molar-refractivity contribution in [3.63, 3.8) is 0 Å². The second-order valence-corrected chi connectivity index (χ2v) is 6.25. The van der Waals surface area contributed by atoms with Crippen molar-refractivity contribution >= 4 is 32.7 Å². The van der Waals surface area contributed by atoms with Gasteiger partial charge in [0.05, 0.1) is 10.2 Å². The number of carbonyl (C=O) groups is 1. The Morgan fingerprint density at radius 3 is 2.60 bits per heavy atom. The molecule has 2 aromatic rings. The average Bonchev–Trinajstić information content (AvgIpc) is 2.83. The maximum atomic E-state index is 11.1. The number of fused-ring (bicyclic) bond motifs is 1. The third kappa shape index (κ3) is 2.31. The highest BCUT2D eigenvalue weighted by Gasteiger charge is 2.21. The van der Waals surface area contributed by atoms with Crippen molar-refractivity contribution in [1.82, 2.24) is 9.88 Å². The van der Waals surface area contributed by atoms with Gasteiger partial charge in [-0.2, -0.15) is 0 Å². The average molecular weight is 290 g/mol. The second kappa shape index (κ2) is 4.94. The van der Waals surface area contributed by atoms with Crippen molar-refractivity contribution in [2.75, 3.05) is 31.1 Å². The monoisotopic (exact) mass is 290 g/mol. The molecule has 0 bridgehead atoms. The molecule has 0 saturated carbocycles. The van der Waals surface area contributed by atoms with Crippen LogP contribution in [0, 0.1) is 13.8 Å². The fraction of sp³-hybridized carbons (Fsp3) is 0.429. The van der Waals surface area contributed by atoms with Crippen LogP contribution in [-0.2, 0) is 0 Å². The smallest absolute Gasteiger partial charge is 0.314 e. The Morgan fingerprint density at radius 2 is 1.95 bits per heavy atom. The molecular formula is C14H18N4OS. The lowest BCUT2D eigenvalue weighted by Gasteiger charge is -2.33. The number of aromatic nitrogens is 1. The van der Waals surface area contributed by atoms with Crippen molar-refractivity contribution in [2.24, 2.45) is 5.73 Å². The lowest BCUT2D eigenvalue weighted by molar-refractivity contribution is 0.204. The Hall–Kier alpha value is -1.82. The summed E-state index contributed by atoms with van der Waals surface area (Å²) in [6.45, 7) is 7.13. The van der Waals surface area contributed by atoms with Crippen molar-refractivity contribution in [3.8, 4) is 0 Å². The van der Waals surface area contributed by atoms with Gasteiger partial charge >= 0.3 is 6.03 Å². The molecule has 0 aliphatic carbocycles. The van der Waals surface area contributed by atoms with Gasteiger partial charge in [-0.3, -0.25) is 0 Å². The third-order valence-corrected chi connectivity index (χ3v) is 4.74. The first-order valence-corrected chi connectivity index (χ1v) is 7.53. The minimum Gasteiger partial charge on any atom is -0.351 e. The number of urea groups is 1. The van der Waals surface area contributed by atoms with Crippen LogP contribution >= 0.6 is 11.3 Å². The molecule has 1 aromatic carbocycles. The molecule has 1 fully saturated rings. The number of nitrogens with zero attached hydrogens (tertiary/aromatic N) is 3. The van der Waals surface area contributed by atoms with Crippen LogP contribution in [0.4, 0.5) is 9.93 Å². The Labute approximate surface area is 122 Å². The standard InChI is InChI=1S/C14H18N4OS/c1-9-7-10(2)12-11(8-9)20-14(16-12)18-5-3-17(4-6-18)13(15)19/h7-8H,3-6H2,1-2H3,(H2,15,19). The van der Waals surface area contributed by atoms with Crippen LogP contribution in [0.3, 0.4) is 0 Å². The van der Waals surface area contributed by atoms with Crippen LogP contribution in [0.25, 0.3) is 10.2 Å². The van der Waals surface area contributed by atoms with E-state index >= 15 is 0 Å². The van der Waals surface area contributed by atoms with Gasteiger partial charge in [-0.1, -0.05) is 17.4 Å². The summed E-state index contributed by atoms with van der Waals surface area (Å²) in [6, 6.07) is 4.01. The van der Waals surface area contributed by atoms with E-state index in [1.54, 1.807) is 16.2 Å². The first-order chi connectivity index (χ1) is 9.54. The lowest BCUT2D eigenvalue weighted by Crippen LogP contribution is -2.50. The third-order valence-electron chi connectivity index (χ3n) is 3.68. The van der Waals surface area contributed by atoms with Gasteiger partial charge in [-0.15, -0.1) is 0 Å². The van der Waals surface area contributed by atoms with E-state index in [2.05, 4.69) is 30.9 Å². The number of carbonyl (C=O) groups excluding carboxylic acids is 1. The maximum absolute atomic E-state index is 11.1. The molecule has 1 aliphatic rings. The fourth-order valence-corrected chi connectivity index (χ4v) is 3.81. The summed E-state index contributed by atoms with van der Waals surface area (Å²) in [5, 5.41) is 1.04. The molecule has 1 aromatic heterocycles. The predicted molar refractivity (Wildman–Crippen MR) is 82.5 cm³/mol. The molecule has 1 saturated heterocycles. The van der Waals surface area contributed by atoms with Gasteiger partial charge < -0.3 is 15.5 Å². The Morgan fingerprint density at radius 1 is 1.25 bits per heavy atom. The number of piperazine rings is 1. The number of primary amides is 1. The number of thiazole rings is 1. The Kier molecular flexibility index (Phi) is 3.25. The molecule has 0 unspecified atom stereocenters. The van der Waals surface area contributed by atoms with Crippen LogP contribution in [0.2, 0.25) is 0 Å². The highest BCUT2D eigenvalue weighted by Crippen LogP contribution is 2.31. The minimum atomic E-state index is -0.333. The fourth-order valence-electron chi connectivity index (χ4n) is 2.61. The van der Waals surface area contributed by atoms with Gasteiger partial charge in [0.25, 0.3) is 0 Å². The summed E-state index contributed by atoms with van der Waals surface area (Å²) in [5.74, 6) is 0. The normalized spacial score (nSPS) is 15.9. The van der Waals surface area contributed by atoms with E-state index in [9.17, 15) is 4.79 Å². The highest BCUT2D eigenvalue weighted by molar-refractivity contribution is 7.22. The SMILES string of the molecule is Cc1cc(C)c2nc(N3CCN(C(N)=O)CC3)sc2c1. The van der Waals surface area contributed by atoms with Gasteiger partial charge in [0.1, 0.15) is 0 Å². The molecular weight excluding hydrogens is 272 g/mol. The zero-order valence-electron chi connectivity index (χ0n) is 11.7. The van der Waals surface area contributed by atoms with Crippen molar-refractivity contribution in [2.45, 2.75) is 13.8 Å². The molecule has 3 rings (SSSR count). The van der Waals surface area contributed by atoms with Gasteiger partial charge in [-0.25, -0.2) is 9.78 Å². The van der Waals surface area contributed by atoms with Crippen LogP contribution in [0.1, 0.15) is 11.1 Å². The largest absolute Gasteiger partial charge is 0.351 e. The van der Waals surface area contributed by atoms with E-state index in [0.717, 1.165) is 23.7 Å². The number of aryl methyl sites for hydroxylation is 2. The van der Waals surface area contributed by atoms with E-state index in [0.29, 0.717) is 13.1 Å². The van der Waals surface area contributed by atoms with E-state index in [1.807, 2.05) is 0 Å². The lowest BCUT2D eigenvalue weighted by atomic mass is 10.1. The molecule has 5 nitrogen and oxygen atoms in total. The molecule has 106 valence electrons. The van der Waals surface area contributed by atoms with Crippen LogP contribution < -0.4 is 10.6 Å². The van der Waals surface area contributed by atoms with Crippen molar-refractivity contribution < 1.29 is 4.79 Å². The molecule has 2 N–H and O–H groups in total. The number of amides is 2. The molecule has 6 heteroatoms. The number of hydrogen-bond acceptors (Lipinski definition) is 4. The van der Waals surface area contributed by atoms with Crippen LogP contribution in [-0.4, -0.2) is 42.1 Å². The number of anilines is 1. The summed E-state index contributed by atoms with van der Waals surface area (Å²) >= 11 is 1.72. The predicted octanol–water partition coefficient (Wildman–Crippen LogP) is 2.11. The van der Waals surface area contributed by atoms with Gasteiger partial charge in [-0.05, 0) is 31.0 Å². The quantitative estimate of drug-likeness (QED) is 0.875. The summed E-state index contributed by atoms with van der Waals surface area (Å²) in [7, 11) is 0. The van der Waals surface area contributed by atoms with Crippen LogP contribution in [0.5, 0.6) is 0 Å².